The number of hydrogen-bond donors (Lipinski definition) is 3. The number of aromatic nitrogens is 3. The number of nitrogens with two attached hydrogens (primary N) is 1. The van der Waals surface area contributed by atoms with E-state index in [0.29, 0.717) is 29.6 Å². The van der Waals surface area contributed by atoms with Gasteiger partial charge in [0.15, 0.2) is 0 Å². The Morgan fingerprint density at radius 3 is 2.76 bits per heavy atom. The lowest BCUT2D eigenvalue weighted by molar-refractivity contribution is 0.198. The van der Waals surface area contributed by atoms with Gasteiger partial charge in [0.1, 0.15) is 11.6 Å². The SMILES string of the molecule is COc1cc(N(C)CCN(C)C)c(N)cc1Nc1nccc(-c2c(N3CC[C@@H](O)C3)n3c4c(cccc24)CCC3)n1. The van der Waals surface area contributed by atoms with Crippen LogP contribution in [0.4, 0.5) is 28.8 Å². The van der Waals surface area contributed by atoms with Crippen molar-refractivity contribution in [2.24, 2.45) is 0 Å². The molecule has 10 nitrogen and oxygen atoms in total. The number of aliphatic hydroxyl groups excluding tert-OH is 1. The van der Waals surface area contributed by atoms with Crippen LogP contribution in [-0.2, 0) is 13.0 Å². The maximum Gasteiger partial charge on any atom is 0.227 e. The van der Waals surface area contributed by atoms with Crippen molar-refractivity contribution in [2.45, 2.75) is 31.9 Å². The van der Waals surface area contributed by atoms with E-state index in [4.69, 9.17) is 15.5 Å². The summed E-state index contributed by atoms with van der Waals surface area (Å²) in [5.74, 6) is 2.27. The molecule has 1 atom stereocenters. The molecule has 10 heteroatoms. The Morgan fingerprint density at radius 1 is 1.15 bits per heavy atom. The van der Waals surface area contributed by atoms with E-state index in [1.54, 1.807) is 13.3 Å². The number of nitrogens with one attached hydrogen (secondary N) is 1. The monoisotopic (exact) mass is 556 g/mol. The Bertz CT molecular complexity index is 1570. The molecule has 0 saturated carbocycles. The number of benzene rings is 2. The molecule has 1 saturated heterocycles. The molecule has 0 aliphatic carbocycles. The standard InChI is InChI=1S/C31H40N8O2/c1-36(2)15-16-37(3)26-18-27(41-4)25(17-23(26)32)35-31-33-12-10-24(34-31)28-22-9-5-7-20-8-6-13-39(29(20)22)30(28)38-14-11-21(40)19-38/h5,7,9-10,12,17-18,21,40H,6,8,11,13-16,19,32H2,1-4H3,(H,33,34,35)/t21-/m1/s1. The molecular formula is C31H40N8O2. The molecule has 41 heavy (non-hydrogen) atoms. The van der Waals surface area contributed by atoms with Gasteiger partial charge in [-0.1, -0.05) is 18.2 Å². The molecule has 0 spiro atoms. The van der Waals surface area contributed by atoms with Crippen molar-refractivity contribution in [2.75, 3.05) is 75.3 Å². The third kappa shape index (κ3) is 5.13. The van der Waals surface area contributed by atoms with Crippen molar-refractivity contribution in [3.63, 3.8) is 0 Å². The molecule has 2 aliphatic heterocycles. The number of nitrogen functional groups attached to an aromatic ring is 1. The van der Waals surface area contributed by atoms with Gasteiger partial charge < -0.3 is 40.2 Å². The Balaban J connectivity index is 1.38. The number of ether oxygens (including phenoxy) is 1. The molecule has 6 rings (SSSR count). The van der Waals surface area contributed by atoms with Crippen LogP contribution in [0.3, 0.4) is 0 Å². The first-order chi connectivity index (χ1) is 19.8. The normalized spacial score (nSPS) is 16.5. The van der Waals surface area contributed by atoms with Gasteiger partial charge >= 0.3 is 0 Å². The number of nitrogens with zero attached hydrogens (tertiary/aromatic N) is 6. The number of hydrogen-bond acceptors (Lipinski definition) is 9. The second-order valence-corrected chi connectivity index (χ2v) is 11.4. The van der Waals surface area contributed by atoms with E-state index in [0.717, 1.165) is 68.2 Å². The summed E-state index contributed by atoms with van der Waals surface area (Å²) < 4.78 is 8.19. The van der Waals surface area contributed by atoms with E-state index in [-0.39, 0.29) is 6.10 Å². The van der Waals surface area contributed by atoms with Crippen LogP contribution >= 0.6 is 0 Å². The van der Waals surface area contributed by atoms with Gasteiger partial charge in [-0.25, -0.2) is 9.97 Å². The van der Waals surface area contributed by atoms with E-state index < -0.39 is 0 Å². The fourth-order valence-corrected chi connectivity index (χ4v) is 6.17. The molecule has 4 aromatic rings. The zero-order chi connectivity index (χ0) is 28.7. The van der Waals surface area contributed by atoms with E-state index in [9.17, 15) is 5.11 Å². The fraction of sp³-hybridized carbons (Fsp3) is 0.419. The lowest BCUT2D eigenvalue weighted by Crippen LogP contribution is -2.29. The number of aliphatic hydroxyl groups is 1. The summed E-state index contributed by atoms with van der Waals surface area (Å²) in [6, 6.07) is 12.4. The summed E-state index contributed by atoms with van der Waals surface area (Å²) in [6.07, 6.45) is 4.41. The summed E-state index contributed by atoms with van der Waals surface area (Å²) in [5.41, 5.74) is 13.4. The van der Waals surface area contributed by atoms with Crippen LogP contribution in [0.2, 0.25) is 0 Å². The highest BCUT2D eigenvalue weighted by molar-refractivity contribution is 6.04. The van der Waals surface area contributed by atoms with Crippen molar-refractivity contribution in [1.29, 1.82) is 0 Å². The molecule has 4 heterocycles. The molecule has 0 bridgehead atoms. The third-order valence-corrected chi connectivity index (χ3v) is 8.23. The number of β-amino-alcohol motifs (C(OH)–C–C–N with tert-alkyl or cyclic N) is 1. The summed E-state index contributed by atoms with van der Waals surface area (Å²) in [4.78, 5) is 16.2. The lowest BCUT2D eigenvalue weighted by Gasteiger charge is -2.25. The van der Waals surface area contributed by atoms with Crippen molar-refractivity contribution >= 4 is 39.7 Å². The second kappa shape index (κ2) is 11.1. The van der Waals surface area contributed by atoms with Gasteiger partial charge in [-0.15, -0.1) is 0 Å². The highest BCUT2D eigenvalue weighted by Gasteiger charge is 2.31. The van der Waals surface area contributed by atoms with Gasteiger partial charge in [0, 0.05) is 57.4 Å². The Hall–Kier alpha value is -4.02. The zero-order valence-corrected chi connectivity index (χ0v) is 24.4. The van der Waals surface area contributed by atoms with E-state index in [2.05, 4.69) is 61.9 Å². The Labute approximate surface area is 241 Å². The van der Waals surface area contributed by atoms with Gasteiger partial charge in [0.2, 0.25) is 5.95 Å². The highest BCUT2D eigenvalue weighted by Crippen LogP contribution is 2.44. The predicted molar refractivity (Wildman–Crippen MR) is 167 cm³/mol. The third-order valence-electron chi connectivity index (χ3n) is 8.23. The predicted octanol–water partition coefficient (Wildman–Crippen LogP) is 3.95. The molecule has 2 aromatic heterocycles. The number of anilines is 5. The molecule has 0 unspecified atom stereocenters. The number of para-hydroxylation sites is 1. The lowest BCUT2D eigenvalue weighted by atomic mass is 10.0. The number of aryl methyl sites for hydroxylation is 2. The molecule has 1 fully saturated rings. The van der Waals surface area contributed by atoms with Crippen LogP contribution in [0.15, 0.2) is 42.6 Å². The van der Waals surface area contributed by atoms with Crippen LogP contribution < -0.4 is 25.6 Å². The zero-order valence-electron chi connectivity index (χ0n) is 24.4. The molecule has 0 radical (unpaired) electrons. The molecule has 216 valence electrons. The number of methoxy groups -OCH3 is 1. The first kappa shape index (κ1) is 27.2. The van der Waals surface area contributed by atoms with Crippen LogP contribution in [0, 0.1) is 0 Å². The maximum atomic E-state index is 10.4. The van der Waals surface area contributed by atoms with Crippen molar-refractivity contribution in [1.82, 2.24) is 19.4 Å². The Morgan fingerprint density at radius 2 is 2.00 bits per heavy atom. The molecule has 2 aromatic carbocycles. The van der Waals surface area contributed by atoms with Crippen molar-refractivity contribution in [3.8, 4) is 17.0 Å². The minimum absolute atomic E-state index is 0.317. The van der Waals surface area contributed by atoms with Gasteiger partial charge in [-0.3, -0.25) is 0 Å². The van der Waals surface area contributed by atoms with Crippen molar-refractivity contribution < 1.29 is 9.84 Å². The second-order valence-electron chi connectivity index (χ2n) is 11.4. The summed E-state index contributed by atoms with van der Waals surface area (Å²) in [6.45, 7) is 4.15. The number of likely N-dealkylation sites (N-methyl/N-ethyl adjacent to an activating group) is 2. The topological polar surface area (TPSA) is 108 Å². The largest absolute Gasteiger partial charge is 0.494 e. The van der Waals surface area contributed by atoms with Gasteiger partial charge in [-0.05, 0) is 51.1 Å². The summed E-state index contributed by atoms with van der Waals surface area (Å²) in [5, 5.41) is 15.0. The van der Waals surface area contributed by atoms with E-state index in [1.807, 2.05) is 25.2 Å². The molecular weight excluding hydrogens is 516 g/mol. The van der Waals surface area contributed by atoms with Gasteiger partial charge in [0.25, 0.3) is 0 Å². The molecule has 2 aliphatic rings. The summed E-state index contributed by atoms with van der Waals surface area (Å²) >= 11 is 0. The maximum absolute atomic E-state index is 10.4. The average molecular weight is 557 g/mol. The first-order valence-corrected chi connectivity index (χ1v) is 14.3. The minimum Gasteiger partial charge on any atom is -0.494 e. The van der Waals surface area contributed by atoms with Gasteiger partial charge in [0.05, 0.1) is 47.1 Å². The Kier molecular flexibility index (Phi) is 7.35. The van der Waals surface area contributed by atoms with Crippen LogP contribution in [0.1, 0.15) is 18.4 Å². The van der Waals surface area contributed by atoms with E-state index in [1.165, 1.54) is 16.5 Å². The molecule has 4 N–H and O–H groups in total. The van der Waals surface area contributed by atoms with Crippen LogP contribution in [0.25, 0.3) is 22.2 Å². The average Bonchev–Trinajstić information content (AvgIpc) is 3.54. The minimum atomic E-state index is -0.317. The van der Waals surface area contributed by atoms with E-state index >= 15 is 0 Å². The number of rotatable bonds is 9. The van der Waals surface area contributed by atoms with Gasteiger partial charge in [-0.2, -0.15) is 0 Å². The summed E-state index contributed by atoms with van der Waals surface area (Å²) in [7, 11) is 7.80. The fourth-order valence-electron chi connectivity index (χ4n) is 6.17. The first-order valence-electron chi connectivity index (χ1n) is 14.3. The smallest absolute Gasteiger partial charge is 0.227 e. The molecule has 0 amide bonds. The van der Waals surface area contributed by atoms with Crippen molar-refractivity contribution in [3.05, 3.63) is 48.2 Å². The highest BCUT2D eigenvalue weighted by atomic mass is 16.5. The van der Waals surface area contributed by atoms with Crippen LogP contribution in [-0.4, -0.2) is 85.1 Å². The van der Waals surface area contributed by atoms with Crippen LogP contribution in [0.5, 0.6) is 5.75 Å². The quantitative estimate of drug-likeness (QED) is 0.264.